The number of nitrogen functional groups attached to an aromatic ring is 1. The molecule has 0 spiro atoms. The maximum Gasteiger partial charge on any atom is 0.288 e. The molecule has 6 rings (SSSR count). The number of rotatable bonds is 3. The largest absolute Gasteiger partial charge is 0.398 e. The minimum Gasteiger partial charge on any atom is -0.398 e. The van der Waals surface area contributed by atoms with Gasteiger partial charge in [0.15, 0.2) is 0 Å². The Morgan fingerprint density at radius 3 is 1.50 bits per heavy atom. The number of halogens is 6. The van der Waals surface area contributed by atoms with Crippen LogP contribution >= 0.6 is 46.4 Å². The maximum atomic E-state index is 14.6. The molecule has 0 aliphatic carbocycles. The number of fused-ring (bicyclic) bond motifs is 2. The van der Waals surface area contributed by atoms with E-state index in [0.717, 1.165) is 37.8 Å². The highest BCUT2D eigenvalue weighted by molar-refractivity contribution is 6.38. The van der Waals surface area contributed by atoms with Crippen LogP contribution < -0.4 is 16.9 Å². The zero-order valence-electron chi connectivity index (χ0n) is 21.7. The van der Waals surface area contributed by atoms with Gasteiger partial charge in [0.1, 0.15) is 16.1 Å². The quantitative estimate of drug-likeness (QED) is 0.151. The van der Waals surface area contributed by atoms with Gasteiger partial charge in [-0.3, -0.25) is 29.1 Å². The Bertz CT molecular complexity index is 1860. The maximum absolute atomic E-state index is 14.6. The highest BCUT2D eigenvalue weighted by atomic mass is 35.5. The molecule has 4 aromatic rings. The first-order valence-corrected chi connectivity index (χ1v) is 14.3. The molecule has 16 heteroatoms. The smallest absolute Gasteiger partial charge is 0.288 e. The number of hydrogen-bond acceptors (Lipinski definition) is 5. The van der Waals surface area contributed by atoms with Crippen molar-refractivity contribution >= 4 is 57.8 Å². The molecule has 0 fully saturated rings. The van der Waals surface area contributed by atoms with Crippen molar-refractivity contribution in [2.24, 2.45) is 0 Å². The molecule has 2 aromatic carbocycles. The molecule has 0 amide bonds. The summed E-state index contributed by atoms with van der Waals surface area (Å²) >= 11 is 23.7. The minimum atomic E-state index is -0.733. The molecule has 42 heavy (non-hydrogen) atoms. The van der Waals surface area contributed by atoms with Gasteiger partial charge in [-0.2, -0.15) is 8.78 Å². The predicted octanol–water partition coefficient (Wildman–Crippen LogP) is 6.60. The number of anilines is 1. The predicted molar refractivity (Wildman–Crippen MR) is 158 cm³/mol. The third-order valence-electron chi connectivity index (χ3n) is 7.18. The Morgan fingerprint density at radius 2 is 1.07 bits per heavy atom. The van der Waals surface area contributed by atoms with Gasteiger partial charge in [0.05, 0.1) is 25.7 Å². The normalized spacial score (nSPS) is 14.1. The lowest BCUT2D eigenvalue weighted by atomic mass is 10.1. The summed E-state index contributed by atoms with van der Waals surface area (Å²) in [5.41, 5.74) is 4.60. The first-order valence-electron chi connectivity index (χ1n) is 12.8. The van der Waals surface area contributed by atoms with E-state index in [-0.39, 0.29) is 53.6 Å². The SMILES string of the molecule is Nc1cc(-c2c(F)n3n(c2=O)CCCC3)c(Cl)cc1Cl.O=c1c(-c2cc([N+](=O)[O-])c(Cl)cc2Cl)c(F)n2n1CCCC2. The third-order valence-corrected chi connectivity index (χ3v) is 8.44. The van der Waals surface area contributed by atoms with E-state index in [4.69, 9.17) is 52.1 Å². The molecule has 10 nitrogen and oxygen atoms in total. The number of nitrogens with zero attached hydrogens (tertiary/aromatic N) is 5. The fraction of sp³-hybridized carbons (Fsp3) is 0.308. The Balaban J connectivity index is 0.000000169. The highest BCUT2D eigenvalue weighted by Crippen LogP contribution is 2.37. The summed E-state index contributed by atoms with van der Waals surface area (Å²) in [7, 11) is 0. The van der Waals surface area contributed by atoms with Gasteiger partial charge in [0.25, 0.3) is 16.8 Å². The molecule has 0 radical (unpaired) electrons. The van der Waals surface area contributed by atoms with E-state index < -0.39 is 28.1 Å². The monoisotopic (exact) mass is 660 g/mol. The molecule has 0 atom stereocenters. The van der Waals surface area contributed by atoms with Gasteiger partial charge in [0.2, 0.25) is 11.9 Å². The van der Waals surface area contributed by atoms with Gasteiger partial charge < -0.3 is 5.73 Å². The van der Waals surface area contributed by atoms with Gasteiger partial charge in [-0.15, -0.1) is 0 Å². The summed E-state index contributed by atoms with van der Waals surface area (Å²) < 4.78 is 34.4. The summed E-state index contributed by atoms with van der Waals surface area (Å²) in [6.45, 7) is 1.79. The number of hydrogen-bond donors (Lipinski definition) is 1. The fourth-order valence-electron chi connectivity index (χ4n) is 5.13. The van der Waals surface area contributed by atoms with Crippen LogP contribution in [-0.4, -0.2) is 23.7 Å². The van der Waals surface area contributed by atoms with Crippen LogP contribution in [0.1, 0.15) is 25.7 Å². The van der Waals surface area contributed by atoms with Crippen LogP contribution in [0.2, 0.25) is 20.1 Å². The van der Waals surface area contributed by atoms with Gasteiger partial charge in [-0.1, -0.05) is 46.4 Å². The summed E-state index contributed by atoms with van der Waals surface area (Å²) in [6, 6.07) is 5.05. The summed E-state index contributed by atoms with van der Waals surface area (Å²) in [5, 5.41) is 11.3. The molecule has 2 aliphatic rings. The second kappa shape index (κ2) is 11.8. The van der Waals surface area contributed by atoms with Crippen molar-refractivity contribution in [1.29, 1.82) is 0 Å². The highest BCUT2D eigenvalue weighted by Gasteiger charge is 2.28. The van der Waals surface area contributed by atoms with E-state index in [1.807, 2.05) is 0 Å². The van der Waals surface area contributed by atoms with Crippen LogP contribution in [0, 0.1) is 22.0 Å². The van der Waals surface area contributed by atoms with Crippen molar-refractivity contribution in [1.82, 2.24) is 18.7 Å². The lowest BCUT2D eigenvalue weighted by Gasteiger charge is -2.16. The number of nitrogens with two attached hydrogens (primary N) is 1. The summed E-state index contributed by atoms with van der Waals surface area (Å²) in [5.74, 6) is -1.30. The van der Waals surface area contributed by atoms with Crippen LogP contribution in [0.15, 0.2) is 33.9 Å². The first-order chi connectivity index (χ1) is 19.9. The van der Waals surface area contributed by atoms with E-state index in [9.17, 15) is 28.5 Å². The molecule has 222 valence electrons. The van der Waals surface area contributed by atoms with Crippen molar-refractivity contribution in [3.63, 3.8) is 0 Å². The Labute approximate surface area is 256 Å². The zero-order valence-corrected chi connectivity index (χ0v) is 24.7. The van der Waals surface area contributed by atoms with Crippen LogP contribution in [0.4, 0.5) is 20.2 Å². The van der Waals surface area contributed by atoms with E-state index in [1.165, 1.54) is 30.9 Å². The number of nitro groups is 1. The standard InChI is InChI=1S/C13H10Cl2FN3O3.C13H12Cl2FN3O/c14-8-6-9(15)10(19(21)22)5-7(8)11-12(16)17-3-1-2-4-18(17)13(11)20;14-8-6-9(15)10(17)5-7(8)11-12(16)18-3-1-2-4-19(18)13(11)20/h5-6H,1-4H2;5-6H,1-4,17H2. The van der Waals surface area contributed by atoms with Crippen molar-refractivity contribution in [2.75, 3.05) is 5.73 Å². The zero-order chi connectivity index (χ0) is 30.5. The van der Waals surface area contributed by atoms with Crippen molar-refractivity contribution in [2.45, 2.75) is 51.9 Å². The summed E-state index contributed by atoms with van der Waals surface area (Å²) in [4.78, 5) is 35.0. The third kappa shape index (κ3) is 5.21. The van der Waals surface area contributed by atoms with Gasteiger partial charge in [-0.25, -0.2) is 9.36 Å². The molecule has 2 aliphatic heterocycles. The molecule has 0 bridgehead atoms. The lowest BCUT2D eigenvalue weighted by molar-refractivity contribution is -0.384. The van der Waals surface area contributed by atoms with E-state index in [0.29, 0.717) is 26.2 Å². The van der Waals surface area contributed by atoms with Crippen molar-refractivity contribution in [3.8, 4) is 22.3 Å². The van der Waals surface area contributed by atoms with Crippen LogP contribution in [-0.2, 0) is 26.2 Å². The Hall–Kier alpha value is -3.32. The second-order valence-corrected chi connectivity index (χ2v) is 11.4. The average molecular weight is 662 g/mol. The van der Waals surface area contributed by atoms with Crippen LogP contribution in [0.25, 0.3) is 22.3 Å². The van der Waals surface area contributed by atoms with Crippen molar-refractivity contribution < 1.29 is 13.7 Å². The second-order valence-electron chi connectivity index (χ2n) is 9.74. The van der Waals surface area contributed by atoms with Gasteiger partial charge in [-0.05, 0) is 43.9 Å². The molecular formula is C26H22Cl4F2N6O4. The van der Waals surface area contributed by atoms with Crippen molar-refractivity contribution in [3.05, 3.63) is 87.1 Å². The van der Waals surface area contributed by atoms with E-state index >= 15 is 0 Å². The summed E-state index contributed by atoms with van der Waals surface area (Å²) in [6.07, 6.45) is 3.25. The average Bonchev–Trinajstić information content (AvgIpc) is 3.36. The number of nitro benzene ring substituents is 1. The number of benzene rings is 2. The van der Waals surface area contributed by atoms with E-state index in [2.05, 4.69) is 0 Å². The van der Waals surface area contributed by atoms with Crippen LogP contribution in [0.5, 0.6) is 0 Å². The van der Waals surface area contributed by atoms with Gasteiger partial charge in [0, 0.05) is 43.4 Å². The Morgan fingerprint density at radius 1 is 0.667 bits per heavy atom. The topological polar surface area (TPSA) is 123 Å². The molecule has 0 unspecified atom stereocenters. The molecule has 2 N–H and O–H groups in total. The molecule has 4 heterocycles. The molecular weight excluding hydrogens is 640 g/mol. The molecule has 0 saturated carbocycles. The fourth-order valence-corrected chi connectivity index (χ4v) is 6.16. The van der Waals surface area contributed by atoms with Gasteiger partial charge >= 0.3 is 0 Å². The first kappa shape index (κ1) is 30.1. The minimum absolute atomic E-state index is 0.00449. The number of aromatic nitrogens is 4. The van der Waals surface area contributed by atoms with E-state index in [1.54, 1.807) is 0 Å². The van der Waals surface area contributed by atoms with Crippen LogP contribution in [0.3, 0.4) is 0 Å². The lowest BCUT2D eigenvalue weighted by Crippen LogP contribution is -2.27. The Kier molecular flexibility index (Phi) is 8.44. The molecule has 0 saturated heterocycles. The molecule has 2 aromatic heterocycles.